The molecule has 0 saturated carbocycles. The Balaban J connectivity index is 1.56. The van der Waals surface area contributed by atoms with E-state index in [2.05, 4.69) is 48.5 Å². The number of benzene rings is 2. The van der Waals surface area contributed by atoms with E-state index in [9.17, 15) is 9.59 Å². The Morgan fingerprint density at radius 3 is 1.35 bits per heavy atom. The van der Waals surface area contributed by atoms with E-state index in [-0.39, 0.29) is 11.8 Å². The van der Waals surface area contributed by atoms with E-state index in [1.54, 1.807) is 7.05 Å². The van der Waals surface area contributed by atoms with E-state index in [0.717, 1.165) is 38.5 Å². The summed E-state index contributed by atoms with van der Waals surface area (Å²) in [5.41, 5.74) is 4.81. The van der Waals surface area contributed by atoms with Gasteiger partial charge in [0, 0.05) is 17.8 Å². The van der Waals surface area contributed by atoms with Gasteiger partial charge in [0.1, 0.15) is 0 Å². The summed E-state index contributed by atoms with van der Waals surface area (Å²) in [4.78, 5) is 29.3. The average molecular weight is 558 g/mol. The molecule has 0 spiro atoms. The van der Waals surface area contributed by atoms with E-state index in [1.807, 2.05) is 12.1 Å². The van der Waals surface area contributed by atoms with Crippen molar-refractivity contribution in [3.63, 3.8) is 0 Å². The zero-order valence-corrected chi connectivity index (χ0v) is 24.7. The molecule has 5 heteroatoms. The molecular weight excluding hydrogens is 514 g/mol. The van der Waals surface area contributed by atoms with Gasteiger partial charge in [-0.1, -0.05) is 125 Å². The highest BCUT2D eigenvalue weighted by Gasteiger charge is 2.79. The number of rotatable bonds is 4. The van der Waals surface area contributed by atoms with Gasteiger partial charge in [-0.05, 0) is 48.0 Å². The second-order valence-electron chi connectivity index (χ2n) is 12.6. The number of amides is 2. The van der Waals surface area contributed by atoms with Crippen LogP contribution in [0.2, 0.25) is 0 Å². The normalized spacial score (nSPS) is 33.1. The van der Waals surface area contributed by atoms with Crippen molar-refractivity contribution in [1.82, 2.24) is 4.90 Å². The predicted molar refractivity (Wildman–Crippen MR) is 161 cm³/mol. The highest BCUT2D eigenvalue weighted by molar-refractivity contribution is 7.89. The van der Waals surface area contributed by atoms with Crippen molar-refractivity contribution in [2.75, 3.05) is 7.05 Å². The second-order valence-corrected chi connectivity index (χ2v) is 14.6. The molecule has 6 rings (SSSR count). The van der Waals surface area contributed by atoms with Crippen LogP contribution in [0.3, 0.4) is 0 Å². The Morgan fingerprint density at radius 2 is 0.975 bits per heavy atom. The molecule has 4 aliphatic heterocycles. The Kier molecular flexibility index (Phi) is 7.87. The maximum Gasteiger partial charge on any atom is 0.234 e. The number of hydrogen-bond acceptors (Lipinski definition) is 3. The van der Waals surface area contributed by atoms with Gasteiger partial charge in [-0.3, -0.25) is 18.7 Å². The van der Waals surface area contributed by atoms with Gasteiger partial charge in [-0.15, -0.1) is 0 Å². The fourth-order valence-corrected chi connectivity index (χ4v) is 11.6. The van der Waals surface area contributed by atoms with Gasteiger partial charge in [0.15, 0.2) is 0 Å². The van der Waals surface area contributed by atoms with Crippen molar-refractivity contribution >= 4 is 22.6 Å². The van der Waals surface area contributed by atoms with Gasteiger partial charge >= 0.3 is 0 Å². The van der Waals surface area contributed by atoms with Crippen molar-refractivity contribution in [1.29, 1.82) is 0 Å². The van der Waals surface area contributed by atoms with Crippen LogP contribution in [0.25, 0.3) is 0 Å². The molecule has 0 aromatic heterocycles. The molecule has 3 saturated heterocycles. The van der Waals surface area contributed by atoms with Crippen molar-refractivity contribution < 1.29 is 13.8 Å². The molecule has 4 aliphatic rings. The Morgan fingerprint density at radius 1 is 0.625 bits per heavy atom. The lowest BCUT2D eigenvalue weighted by Gasteiger charge is -2.38. The molecule has 2 bridgehead atoms. The Hall–Kier alpha value is -2.53. The third-order valence-electron chi connectivity index (χ3n) is 10.4. The molecule has 2 amide bonds. The summed E-state index contributed by atoms with van der Waals surface area (Å²) in [6.45, 7) is 0. The topological polar surface area (TPSA) is 54.5 Å². The lowest BCUT2D eigenvalue weighted by Crippen LogP contribution is -2.45. The van der Waals surface area contributed by atoms with Gasteiger partial charge < -0.3 is 0 Å². The van der Waals surface area contributed by atoms with Crippen LogP contribution >= 0.6 is 0 Å². The van der Waals surface area contributed by atoms with Crippen molar-refractivity contribution in [3.05, 3.63) is 82.9 Å². The van der Waals surface area contributed by atoms with Crippen molar-refractivity contribution in [2.45, 2.75) is 99.4 Å². The number of hydrogen-bond donors (Lipinski definition) is 0. The standard InChI is InChI=1S/C35H43NO3S/c1-36-32(37)30-31(33(36)38)35-23-17-9-7-5-3-2-4-6-8-16-22-34(30,40(35)39)28(24-26-18-12-10-13-19-26)29(35)25-27-20-14-11-15-21-27/h10-15,18-21,30-31H,2-9,16-17,22-25H2,1H3/t30-,31+,34+,35-,40?. The van der Waals surface area contributed by atoms with Crippen molar-refractivity contribution in [3.8, 4) is 0 Å². The zero-order chi connectivity index (χ0) is 27.7. The van der Waals surface area contributed by atoms with Crippen LogP contribution < -0.4 is 0 Å². The van der Waals surface area contributed by atoms with Crippen LogP contribution in [0.15, 0.2) is 71.8 Å². The largest absolute Gasteiger partial charge is 0.285 e. The molecule has 1 unspecified atom stereocenters. The summed E-state index contributed by atoms with van der Waals surface area (Å²) in [5, 5.41) is 0. The third kappa shape index (κ3) is 4.35. The maximum absolute atomic E-state index is 15.3. The molecular formula is C35H43NO3S. The molecule has 5 atom stereocenters. The lowest BCUT2D eigenvalue weighted by molar-refractivity contribution is -0.138. The average Bonchev–Trinajstić information content (AvgIpc) is 3.41. The summed E-state index contributed by atoms with van der Waals surface area (Å²) in [6.07, 6.45) is 14.4. The smallest absolute Gasteiger partial charge is 0.234 e. The molecule has 4 nitrogen and oxygen atoms in total. The monoisotopic (exact) mass is 557 g/mol. The molecule has 0 radical (unpaired) electrons. The first-order valence-electron chi connectivity index (χ1n) is 15.6. The van der Waals surface area contributed by atoms with Crippen LogP contribution in [0.1, 0.15) is 88.2 Å². The number of likely N-dealkylation sites (tertiary alicyclic amines) is 1. The van der Waals surface area contributed by atoms with Crippen LogP contribution in [0.4, 0.5) is 0 Å². The van der Waals surface area contributed by atoms with E-state index in [4.69, 9.17) is 0 Å². The summed E-state index contributed by atoms with van der Waals surface area (Å²) in [5.74, 6) is -1.21. The van der Waals surface area contributed by atoms with Gasteiger partial charge in [-0.25, -0.2) is 0 Å². The summed E-state index contributed by atoms with van der Waals surface area (Å²) >= 11 is 0. The highest BCUT2D eigenvalue weighted by atomic mass is 32.2. The SMILES string of the molecule is CN1C(=O)[C@@H]2[C@H](C1=O)[C@]13CCCCCCCCCCCC[C@]2(C(Cc2ccccc2)=C1Cc1ccccc1)S3=O. The van der Waals surface area contributed by atoms with E-state index < -0.39 is 32.1 Å². The molecule has 2 aromatic carbocycles. The summed E-state index contributed by atoms with van der Waals surface area (Å²) in [6, 6.07) is 21.0. The second kappa shape index (κ2) is 11.4. The first-order valence-corrected chi connectivity index (χ1v) is 16.7. The molecule has 3 fully saturated rings. The molecule has 0 N–H and O–H groups in total. The maximum atomic E-state index is 15.3. The third-order valence-corrected chi connectivity index (χ3v) is 13.1. The minimum atomic E-state index is -1.33. The van der Waals surface area contributed by atoms with Crippen LogP contribution in [0.5, 0.6) is 0 Å². The van der Waals surface area contributed by atoms with E-state index in [0.29, 0.717) is 12.8 Å². The Bertz CT molecular complexity index is 1210. The van der Waals surface area contributed by atoms with Gasteiger partial charge in [-0.2, -0.15) is 0 Å². The van der Waals surface area contributed by atoms with Crippen LogP contribution in [-0.4, -0.2) is 37.5 Å². The first-order chi connectivity index (χ1) is 19.5. The van der Waals surface area contributed by atoms with Gasteiger partial charge in [0.05, 0.1) is 21.3 Å². The van der Waals surface area contributed by atoms with Gasteiger partial charge in [0.2, 0.25) is 11.8 Å². The molecule has 0 aliphatic carbocycles. The number of nitrogens with zero attached hydrogens (tertiary/aromatic N) is 1. The Labute approximate surface area is 242 Å². The number of carbonyl (C=O) groups excluding carboxylic acids is 2. The summed E-state index contributed by atoms with van der Waals surface area (Å²) < 4.78 is 13.8. The minimum absolute atomic E-state index is 0.101. The van der Waals surface area contributed by atoms with Crippen LogP contribution in [-0.2, 0) is 33.2 Å². The molecule has 40 heavy (non-hydrogen) atoms. The summed E-state index contributed by atoms with van der Waals surface area (Å²) in [7, 11) is 0.327. The lowest BCUT2D eigenvalue weighted by atomic mass is 9.60. The fraction of sp³-hybridized carbons (Fsp3) is 0.543. The van der Waals surface area contributed by atoms with E-state index in [1.165, 1.54) is 65.7 Å². The number of imide groups is 1. The number of carbonyl (C=O) groups is 2. The quantitative estimate of drug-likeness (QED) is 0.302. The fourth-order valence-electron chi connectivity index (χ4n) is 8.51. The predicted octanol–water partition coefficient (Wildman–Crippen LogP) is 6.95. The zero-order valence-electron chi connectivity index (χ0n) is 23.9. The molecule has 4 heterocycles. The molecule has 2 aromatic rings. The van der Waals surface area contributed by atoms with Crippen molar-refractivity contribution in [2.24, 2.45) is 11.8 Å². The van der Waals surface area contributed by atoms with Gasteiger partial charge in [0.25, 0.3) is 0 Å². The van der Waals surface area contributed by atoms with E-state index >= 15 is 4.21 Å². The highest BCUT2D eigenvalue weighted by Crippen LogP contribution is 2.69. The molecule has 212 valence electrons. The first kappa shape index (κ1) is 27.6. The minimum Gasteiger partial charge on any atom is -0.285 e. The van der Waals surface area contributed by atoms with Crippen LogP contribution in [0, 0.1) is 11.8 Å². The number of fused-ring (bicyclic) bond motifs is 1.